The summed E-state index contributed by atoms with van der Waals surface area (Å²) in [6, 6.07) is 22.1. The monoisotopic (exact) mass is 448 g/mol. The number of nitrogens with zero attached hydrogens (tertiary/aromatic N) is 2. The Kier molecular flexibility index (Phi) is 6.06. The molecular formula is C24H21BrN2O2. The smallest absolute Gasteiger partial charge is 0.410 e. The first-order valence-corrected chi connectivity index (χ1v) is 10.4. The van der Waals surface area contributed by atoms with Gasteiger partial charge in [-0.2, -0.15) is 0 Å². The Hall–Kier alpha value is -2.92. The van der Waals surface area contributed by atoms with Crippen molar-refractivity contribution >= 4 is 27.6 Å². The maximum absolute atomic E-state index is 12.3. The van der Waals surface area contributed by atoms with Gasteiger partial charge in [-0.3, -0.25) is 4.98 Å². The van der Waals surface area contributed by atoms with Crippen LogP contribution in [0.4, 0.5) is 4.79 Å². The van der Waals surface area contributed by atoms with E-state index in [-0.39, 0.29) is 6.09 Å². The second kappa shape index (κ2) is 9.05. The molecule has 5 heteroatoms. The maximum atomic E-state index is 12.3. The van der Waals surface area contributed by atoms with Crippen LogP contribution in [0.3, 0.4) is 0 Å². The molecular weight excluding hydrogens is 428 g/mol. The van der Waals surface area contributed by atoms with Gasteiger partial charge in [-0.25, -0.2) is 4.79 Å². The minimum absolute atomic E-state index is 0.275. The number of ether oxygens (including phenoxy) is 1. The molecule has 1 aliphatic rings. The largest absolute Gasteiger partial charge is 0.445 e. The lowest BCUT2D eigenvalue weighted by molar-refractivity contribution is 0.0998. The highest BCUT2D eigenvalue weighted by molar-refractivity contribution is 9.10. The van der Waals surface area contributed by atoms with Gasteiger partial charge >= 0.3 is 6.09 Å². The van der Waals surface area contributed by atoms with Gasteiger partial charge < -0.3 is 9.64 Å². The average Bonchev–Trinajstić information content (AvgIpc) is 2.79. The van der Waals surface area contributed by atoms with E-state index in [0.717, 1.165) is 33.3 Å². The van der Waals surface area contributed by atoms with Crippen molar-refractivity contribution in [1.29, 1.82) is 0 Å². The van der Waals surface area contributed by atoms with Crippen LogP contribution < -0.4 is 0 Å². The van der Waals surface area contributed by atoms with Crippen LogP contribution >= 0.6 is 15.9 Å². The van der Waals surface area contributed by atoms with Gasteiger partial charge in [0.2, 0.25) is 0 Å². The fourth-order valence-corrected chi connectivity index (χ4v) is 3.54. The first-order chi connectivity index (χ1) is 14.2. The summed E-state index contributed by atoms with van der Waals surface area (Å²) in [5, 5.41) is 0. The predicted molar refractivity (Wildman–Crippen MR) is 118 cm³/mol. The van der Waals surface area contributed by atoms with Gasteiger partial charge in [-0.05, 0) is 41.3 Å². The second-order valence-electron chi connectivity index (χ2n) is 6.90. The van der Waals surface area contributed by atoms with Gasteiger partial charge in [0.1, 0.15) is 6.61 Å². The molecule has 2 aromatic carbocycles. The topological polar surface area (TPSA) is 42.4 Å². The molecule has 0 saturated heterocycles. The van der Waals surface area contributed by atoms with Crippen molar-refractivity contribution < 1.29 is 9.53 Å². The summed E-state index contributed by atoms with van der Waals surface area (Å²) in [7, 11) is 0. The summed E-state index contributed by atoms with van der Waals surface area (Å²) in [4.78, 5) is 18.7. The number of carbonyl (C=O) groups excluding carboxylic acids is 1. The number of aromatic nitrogens is 1. The summed E-state index contributed by atoms with van der Waals surface area (Å²) in [5.41, 5.74) is 5.34. The number of pyridine rings is 1. The van der Waals surface area contributed by atoms with Crippen LogP contribution in [0.15, 0.2) is 83.5 Å². The van der Waals surface area contributed by atoms with E-state index in [1.165, 1.54) is 5.57 Å². The Balaban J connectivity index is 1.35. The molecule has 0 fully saturated rings. The number of amides is 1. The zero-order valence-corrected chi connectivity index (χ0v) is 17.5. The summed E-state index contributed by atoms with van der Waals surface area (Å²) >= 11 is 3.46. The van der Waals surface area contributed by atoms with E-state index in [1.54, 1.807) is 4.90 Å². The van der Waals surface area contributed by atoms with E-state index < -0.39 is 0 Å². The van der Waals surface area contributed by atoms with Crippen molar-refractivity contribution in [2.24, 2.45) is 0 Å². The molecule has 0 aliphatic carbocycles. The fourth-order valence-electron chi connectivity index (χ4n) is 3.28. The van der Waals surface area contributed by atoms with Crippen LogP contribution in [-0.4, -0.2) is 29.1 Å². The lowest BCUT2D eigenvalue weighted by Crippen LogP contribution is -2.35. The van der Waals surface area contributed by atoms with Crippen molar-refractivity contribution in [3.8, 4) is 11.1 Å². The third kappa shape index (κ3) is 4.93. The molecule has 3 aromatic rings. The highest BCUT2D eigenvalue weighted by atomic mass is 79.9. The summed E-state index contributed by atoms with van der Waals surface area (Å²) in [6.45, 7) is 1.47. The molecule has 0 radical (unpaired) electrons. The molecule has 2 heterocycles. The molecule has 0 spiro atoms. The van der Waals surface area contributed by atoms with Crippen molar-refractivity contribution in [3.63, 3.8) is 0 Å². The summed E-state index contributed by atoms with van der Waals surface area (Å²) in [5.74, 6) is 0. The highest BCUT2D eigenvalue weighted by Gasteiger charge is 2.19. The van der Waals surface area contributed by atoms with Gasteiger partial charge in [0, 0.05) is 29.3 Å². The van der Waals surface area contributed by atoms with Crippen LogP contribution in [-0.2, 0) is 11.3 Å². The Bertz CT molecular complexity index is 999. The van der Waals surface area contributed by atoms with E-state index in [1.807, 2.05) is 54.7 Å². The third-order valence-electron chi connectivity index (χ3n) is 4.94. The molecule has 0 atom stereocenters. The fraction of sp³-hybridized carbons (Fsp3) is 0.167. The van der Waals surface area contributed by atoms with E-state index in [0.29, 0.717) is 19.7 Å². The quantitative estimate of drug-likeness (QED) is 0.495. The lowest BCUT2D eigenvalue weighted by Gasteiger charge is -2.25. The van der Waals surface area contributed by atoms with Gasteiger partial charge in [-0.15, -0.1) is 0 Å². The minimum Gasteiger partial charge on any atom is -0.445 e. The molecule has 4 nitrogen and oxygen atoms in total. The van der Waals surface area contributed by atoms with E-state index in [4.69, 9.17) is 4.74 Å². The maximum Gasteiger partial charge on any atom is 0.410 e. The Morgan fingerprint density at radius 2 is 1.76 bits per heavy atom. The van der Waals surface area contributed by atoms with Crippen molar-refractivity contribution in [2.75, 3.05) is 13.1 Å². The molecule has 1 aromatic heterocycles. The molecule has 1 aliphatic heterocycles. The van der Waals surface area contributed by atoms with Gasteiger partial charge in [-0.1, -0.05) is 70.5 Å². The van der Waals surface area contributed by atoms with E-state index >= 15 is 0 Å². The van der Waals surface area contributed by atoms with Crippen LogP contribution in [0.25, 0.3) is 16.7 Å². The minimum atomic E-state index is -0.275. The average molecular weight is 449 g/mol. The normalized spacial score (nSPS) is 13.7. The van der Waals surface area contributed by atoms with Crippen LogP contribution in [0, 0.1) is 0 Å². The van der Waals surface area contributed by atoms with Crippen molar-refractivity contribution in [3.05, 3.63) is 94.7 Å². The molecule has 0 saturated carbocycles. The lowest BCUT2D eigenvalue weighted by atomic mass is 10.0. The predicted octanol–water partition coefficient (Wildman–Crippen LogP) is 5.94. The molecule has 0 N–H and O–H groups in total. The second-order valence-corrected chi connectivity index (χ2v) is 7.82. The summed E-state index contributed by atoms with van der Waals surface area (Å²) in [6.07, 6.45) is 4.46. The Morgan fingerprint density at radius 1 is 1.00 bits per heavy atom. The van der Waals surface area contributed by atoms with Crippen molar-refractivity contribution in [2.45, 2.75) is 13.0 Å². The first-order valence-electron chi connectivity index (χ1n) is 9.56. The van der Waals surface area contributed by atoms with Gasteiger partial charge in [0.05, 0.1) is 5.69 Å². The highest BCUT2D eigenvalue weighted by Crippen LogP contribution is 2.25. The van der Waals surface area contributed by atoms with Crippen LogP contribution in [0.1, 0.15) is 17.7 Å². The molecule has 146 valence electrons. The van der Waals surface area contributed by atoms with Gasteiger partial charge in [0.15, 0.2) is 0 Å². The van der Waals surface area contributed by atoms with E-state index in [9.17, 15) is 4.79 Å². The standard InChI is InChI=1S/C24H21BrN2O2/c25-22-9-6-19(7-10-22)21-8-11-23(26-16-21)20-12-14-27(15-13-20)24(28)29-17-18-4-2-1-3-5-18/h1-12,16H,13-15,17H2. The van der Waals surface area contributed by atoms with Crippen molar-refractivity contribution in [1.82, 2.24) is 9.88 Å². The van der Waals surface area contributed by atoms with Gasteiger partial charge in [0.25, 0.3) is 0 Å². The van der Waals surface area contributed by atoms with Crippen LogP contribution in [0.5, 0.6) is 0 Å². The van der Waals surface area contributed by atoms with E-state index in [2.05, 4.69) is 45.2 Å². The molecule has 0 bridgehead atoms. The molecule has 0 unspecified atom stereocenters. The first kappa shape index (κ1) is 19.4. The zero-order chi connectivity index (χ0) is 20.1. The third-order valence-corrected chi connectivity index (χ3v) is 5.47. The number of halogens is 1. The molecule has 4 rings (SSSR count). The number of hydrogen-bond donors (Lipinski definition) is 0. The SMILES string of the molecule is O=C(OCc1ccccc1)N1CC=C(c2ccc(-c3ccc(Br)cc3)cn2)CC1. The molecule has 29 heavy (non-hydrogen) atoms. The number of hydrogen-bond acceptors (Lipinski definition) is 3. The Labute approximate surface area is 179 Å². The number of benzene rings is 2. The summed E-state index contributed by atoms with van der Waals surface area (Å²) < 4.78 is 6.48. The molecule has 1 amide bonds. The Morgan fingerprint density at radius 3 is 2.41 bits per heavy atom. The number of rotatable bonds is 4. The zero-order valence-electron chi connectivity index (χ0n) is 15.9. The van der Waals surface area contributed by atoms with Crippen LogP contribution in [0.2, 0.25) is 0 Å². The number of carbonyl (C=O) groups is 1.